The van der Waals surface area contributed by atoms with Crippen LogP contribution in [-0.4, -0.2) is 71.8 Å². The molecule has 2 saturated heterocycles. The van der Waals surface area contributed by atoms with Crippen molar-refractivity contribution in [3.63, 3.8) is 0 Å². The van der Waals surface area contributed by atoms with Gasteiger partial charge in [0.15, 0.2) is 0 Å². The van der Waals surface area contributed by atoms with Crippen molar-refractivity contribution < 1.29 is 9.90 Å². The first kappa shape index (κ1) is 13.1. The number of aliphatic hydroxyl groups excluding tert-OH is 1. The van der Waals surface area contributed by atoms with E-state index in [0.717, 1.165) is 31.1 Å². The van der Waals surface area contributed by atoms with Crippen LogP contribution in [0.15, 0.2) is 12.4 Å². The van der Waals surface area contributed by atoms with E-state index in [1.807, 2.05) is 22.9 Å². The number of amides is 1. The van der Waals surface area contributed by atoms with Crippen LogP contribution in [0.25, 0.3) is 0 Å². The largest absolute Gasteiger partial charge is 0.391 e. The minimum atomic E-state index is -0.279. The molecule has 0 bridgehead atoms. The second kappa shape index (κ2) is 5.24. The average molecular weight is 277 g/mol. The van der Waals surface area contributed by atoms with Gasteiger partial charge in [0.25, 0.3) is 0 Å². The Labute approximate surface area is 117 Å². The van der Waals surface area contributed by atoms with Gasteiger partial charge in [-0.15, -0.1) is 0 Å². The molecule has 1 aromatic heterocycles. The second-order valence-corrected chi connectivity index (χ2v) is 5.36. The number of carbonyl (C=O) groups excluding carboxylic acids is 1. The van der Waals surface area contributed by atoms with Gasteiger partial charge in [-0.05, 0) is 6.42 Å². The van der Waals surface area contributed by atoms with Crippen LogP contribution in [0.2, 0.25) is 0 Å². The van der Waals surface area contributed by atoms with Crippen molar-refractivity contribution in [2.45, 2.75) is 12.5 Å². The lowest BCUT2D eigenvalue weighted by Gasteiger charge is -2.33. The van der Waals surface area contributed by atoms with Crippen LogP contribution in [0.5, 0.6) is 0 Å². The summed E-state index contributed by atoms with van der Waals surface area (Å²) in [5.74, 6) is 1.70. The number of aromatic nitrogens is 2. The van der Waals surface area contributed by atoms with E-state index in [1.54, 1.807) is 4.90 Å². The van der Waals surface area contributed by atoms with Gasteiger partial charge in [0.05, 0.1) is 12.6 Å². The first-order valence-corrected chi connectivity index (χ1v) is 6.87. The van der Waals surface area contributed by atoms with Crippen molar-refractivity contribution in [3.8, 4) is 0 Å². The smallest absolute Gasteiger partial charge is 0.241 e. The minimum Gasteiger partial charge on any atom is -0.391 e. The number of rotatable bonds is 2. The summed E-state index contributed by atoms with van der Waals surface area (Å²) in [4.78, 5) is 26.0. The number of nitrogens with zero attached hydrogens (tertiary/aromatic N) is 5. The van der Waals surface area contributed by atoms with Gasteiger partial charge >= 0.3 is 0 Å². The number of β-amino-alcohol motifs (C(OH)–C–C–N with tert-alkyl or cyclic N) is 1. The van der Waals surface area contributed by atoms with Gasteiger partial charge in [0.2, 0.25) is 5.91 Å². The Balaban J connectivity index is 1.76. The molecule has 2 aliphatic heterocycles. The number of likely N-dealkylation sites (N-methyl/N-ethyl adjacent to an activating group) is 1. The highest BCUT2D eigenvalue weighted by Crippen LogP contribution is 2.22. The van der Waals surface area contributed by atoms with Crippen LogP contribution in [0.1, 0.15) is 6.42 Å². The quantitative estimate of drug-likeness (QED) is 0.772. The van der Waals surface area contributed by atoms with E-state index in [0.29, 0.717) is 19.6 Å². The second-order valence-electron chi connectivity index (χ2n) is 5.36. The molecular formula is C13H19N5O2. The van der Waals surface area contributed by atoms with Crippen molar-refractivity contribution in [1.29, 1.82) is 0 Å². The molecule has 0 radical (unpaired) electrons. The monoisotopic (exact) mass is 277 g/mol. The molecule has 20 heavy (non-hydrogen) atoms. The molecule has 0 spiro atoms. The number of carbonyl (C=O) groups is 1. The fraction of sp³-hybridized carbons (Fsp3) is 0.615. The molecule has 1 N–H and O–H groups in total. The first-order valence-electron chi connectivity index (χ1n) is 6.87. The summed E-state index contributed by atoms with van der Waals surface area (Å²) >= 11 is 0. The summed E-state index contributed by atoms with van der Waals surface area (Å²) in [7, 11) is 1.82. The molecule has 7 nitrogen and oxygen atoms in total. The molecule has 108 valence electrons. The zero-order valence-corrected chi connectivity index (χ0v) is 11.6. The molecule has 1 amide bonds. The molecule has 0 aromatic carbocycles. The van der Waals surface area contributed by atoms with Crippen molar-refractivity contribution in [2.75, 3.05) is 49.6 Å². The molecular weight excluding hydrogens is 258 g/mol. The zero-order chi connectivity index (χ0) is 14.1. The lowest BCUT2D eigenvalue weighted by molar-refractivity contribution is -0.129. The van der Waals surface area contributed by atoms with E-state index in [9.17, 15) is 9.90 Å². The Morgan fingerprint density at radius 2 is 1.95 bits per heavy atom. The maximum absolute atomic E-state index is 11.8. The summed E-state index contributed by atoms with van der Waals surface area (Å²) in [6.07, 6.45) is 2.02. The van der Waals surface area contributed by atoms with Crippen molar-refractivity contribution >= 4 is 17.5 Å². The van der Waals surface area contributed by atoms with Crippen LogP contribution in [0.4, 0.5) is 11.6 Å². The predicted octanol–water partition coefficient (Wildman–Crippen LogP) is -0.674. The molecule has 7 heteroatoms. The molecule has 3 rings (SSSR count). The highest BCUT2D eigenvalue weighted by atomic mass is 16.3. The van der Waals surface area contributed by atoms with Crippen molar-refractivity contribution in [1.82, 2.24) is 14.9 Å². The average Bonchev–Trinajstić information content (AvgIpc) is 2.89. The van der Waals surface area contributed by atoms with Crippen LogP contribution < -0.4 is 9.80 Å². The predicted molar refractivity (Wildman–Crippen MR) is 74.7 cm³/mol. The maximum Gasteiger partial charge on any atom is 0.241 e. The number of anilines is 2. The summed E-state index contributed by atoms with van der Waals surface area (Å²) in [5, 5.41) is 9.60. The maximum atomic E-state index is 11.8. The molecule has 3 heterocycles. The lowest BCUT2D eigenvalue weighted by atomic mass is 10.3. The molecule has 2 fully saturated rings. The number of hydrogen-bond acceptors (Lipinski definition) is 6. The van der Waals surface area contributed by atoms with Crippen LogP contribution in [0.3, 0.4) is 0 Å². The van der Waals surface area contributed by atoms with Crippen LogP contribution in [-0.2, 0) is 4.79 Å². The summed E-state index contributed by atoms with van der Waals surface area (Å²) < 4.78 is 0. The van der Waals surface area contributed by atoms with Crippen molar-refractivity contribution in [2.24, 2.45) is 0 Å². The highest BCUT2D eigenvalue weighted by Gasteiger charge is 2.25. The Hall–Kier alpha value is -1.89. The van der Waals surface area contributed by atoms with Gasteiger partial charge < -0.3 is 19.8 Å². The fourth-order valence-corrected chi connectivity index (χ4v) is 2.59. The van der Waals surface area contributed by atoms with E-state index < -0.39 is 0 Å². The van der Waals surface area contributed by atoms with E-state index in [1.165, 1.54) is 6.33 Å². The third-order valence-corrected chi connectivity index (χ3v) is 3.91. The molecule has 2 aliphatic rings. The van der Waals surface area contributed by atoms with E-state index in [-0.39, 0.29) is 12.0 Å². The first-order chi connectivity index (χ1) is 9.63. The van der Waals surface area contributed by atoms with Gasteiger partial charge in [-0.1, -0.05) is 0 Å². The number of piperazine rings is 1. The standard InChI is InChI=1S/C13H19N5O2/c1-16-4-5-18(8-13(16)20)12-6-11(14-9-15-12)17-3-2-10(19)7-17/h6,9-10,19H,2-5,7-8H2,1H3/t10-/m0/s1. The SMILES string of the molecule is CN1CCN(c2cc(N3CC[C@H](O)C3)ncn2)CC1=O. The summed E-state index contributed by atoms with van der Waals surface area (Å²) in [6, 6.07) is 1.90. The van der Waals surface area contributed by atoms with Gasteiger partial charge in [0.1, 0.15) is 18.0 Å². The Kier molecular flexibility index (Phi) is 3.43. The Morgan fingerprint density at radius 1 is 1.20 bits per heavy atom. The highest BCUT2D eigenvalue weighted by molar-refractivity contribution is 5.82. The molecule has 0 aliphatic carbocycles. The van der Waals surface area contributed by atoms with E-state index in [2.05, 4.69) is 9.97 Å². The zero-order valence-electron chi connectivity index (χ0n) is 11.6. The normalized spacial score (nSPS) is 23.6. The minimum absolute atomic E-state index is 0.105. The molecule has 1 atom stereocenters. The Bertz CT molecular complexity index is 509. The van der Waals surface area contributed by atoms with Gasteiger partial charge in [-0.25, -0.2) is 9.97 Å². The van der Waals surface area contributed by atoms with E-state index in [4.69, 9.17) is 0 Å². The van der Waals surface area contributed by atoms with Crippen molar-refractivity contribution in [3.05, 3.63) is 12.4 Å². The summed E-state index contributed by atoms with van der Waals surface area (Å²) in [5.41, 5.74) is 0. The van der Waals surface area contributed by atoms with Gasteiger partial charge in [-0.3, -0.25) is 4.79 Å². The lowest BCUT2D eigenvalue weighted by Crippen LogP contribution is -2.48. The molecule has 1 aromatic rings. The number of aliphatic hydroxyl groups is 1. The Morgan fingerprint density at radius 3 is 2.60 bits per heavy atom. The van der Waals surface area contributed by atoms with Gasteiger partial charge in [0, 0.05) is 39.3 Å². The number of hydrogen-bond donors (Lipinski definition) is 1. The third-order valence-electron chi connectivity index (χ3n) is 3.91. The topological polar surface area (TPSA) is 72.8 Å². The van der Waals surface area contributed by atoms with Crippen LogP contribution >= 0.6 is 0 Å². The summed E-state index contributed by atoms with van der Waals surface area (Å²) in [6.45, 7) is 3.26. The van der Waals surface area contributed by atoms with Crippen LogP contribution in [0, 0.1) is 0 Å². The molecule has 0 unspecified atom stereocenters. The third kappa shape index (κ3) is 2.53. The van der Waals surface area contributed by atoms with Gasteiger partial charge in [-0.2, -0.15) is 0 Å². The van der Waals surface area contributed by atoms with E-state index >= 15 is 0 Å². The fourth-order valence-electron chi connectivity index (χ4n) is 2.59. The molecule has 0 saturated carbocycles.